The van der Waals surface area contributed by atoms with Crippen molar-refractivity contribution in [1.29, 1.82) is 5.26 Å². The Morgan fingerprint density at radius 1 is 1.22 bits per heavy atom. The number of urea groups is 1. The summed E-state index contributed by atoms with van der Waals surface area (Å²) in [6.45, 7) is 1.96. The fourth-order valence-corrected chi connectivity index (χ4v) is 2.45. The second-order valence-corrected chi connectivity index (χ2v) is 4.99. The van der Waals surface area contributed by atoms with Gasteiger partial charge in [-0.15, -0.1) is 0 Å². The second-order valence-electron chi connectivity index (χ2n) is 4.11. The molecule has 98 valence electrons. The lowest BCUT2D eigenvalue weighted by Gasteiger charge is -2.33. The summed E-state index contributed by atoms with van der Waals surface area (Å²) in [6, 6.07) is -0.773. The first-order chi connectivity index (χ1) is 8.56. The number of carbonyl (C=O) groups is 3. The summed E-state index contributed by atoms with van der Waals surface area (Å²) >= 11 is 0.999. The molecule has 1 heterocycles. The number of amides is 4. The number of hydrogen-bond donors (Lipinski definition) is 2. The van der Waals surface area contributed by atoms with Gasteiger partial charge in [0.2, 0.25) is 11.8 Å². The number of thioether (sulfide) groups is 1. The molecule has 1 saturated heterocycles. The lowest BCUT2D eigenvalue weighted by molar-refractivity contribution is -0.145. The third-order valence-corrected chi connectivity index (χ3v) is 3.51. The van der Waals surface area contributed by atoms with Gasteiger partial charge >= 0.3 is 6.03 Å². The fraction of sp³-hybridized carbons (Fsp3) is 0.636. The number of hydrogen-bond acceptors (Lipinski definition) is 5. The Bertz CT molecular complexity index is 383. The van der Waals surface area contributed by atoms with Gasteiger partial charge in [-0.05, 0) is 24.6 Å². The molecule has 0 atom stereocenters. The number of barbiturate groups is 1. The van der Waals surface area contributed by atoms with E-state index in [1.807, 2.05) is 12.3 Å². The quantitative estimate of drug-likeness (QED) is 0.428. The van der Waals surface area contributed by atoms with Crippen molar-refractivity contribution < 1.29 is 14.4 Å². The highest BCUT2D eigenvalue weighted by atomic mass is 32.2. The van der Waals surface area contributed by atoms with Crippen molar-refractivity contribution in [2.45, 2.75) is 32.6 Å². The van der Waals surface area contributed by atoms with Crippen LogP contribution in [0.2, 0.25) is 0 Å². The first kappa shape index (κ1) is 14.5. The maximum atomic E-state index is 12.0. The molecule has 0 spiro atoms. The predicted molar refractivity (Wildman–Crippen MR) is 66.3 cm³/mol. The van der Waals surface area contributed by atoms with Crippen LogP contribution >= 0.6 is 11.8 Å². The molecule has 1 aliphatic rings. The fourth-order valence-electron chi connectivity index (χ4n) is 1.91. The number of carbonyl (C=O) groups excluding carboxylic acids is 3. The average Bonchev–Trinajstić information content (AvgIpc) is 2.31. The molecule has 0 radical (unpaired) electrons. The minimum absolute atomic E-state index is 0.260. The van der Waals surface area contributed by atoms with Gasteiger partial charge in [0, 0.05) is 5.75 Å². The van der Waals surface area contributed by atoms with Gasteiger partial charge in [-0.1, -0.05) is 19.8 Å². The van der Waals surface area contributed by atoms with Crippen molar-refractivity contribution in [2.75, 3.05) is 5.75 Å². The minimum atomic E-state index is -1.21. The van der Waals surface area contributed by atoms with E-state index >= 15 is 0 Å². The van der Waals surface area contributed by atoms with E-state index in [4.69, 9.17) is 5.26 Å². The smallest absolute Gasteiger partial charge is 0.277 e. The Hall–Kier alpha value is -1.55. The van der Waals surface area contributed by atoms with Crippen LogP contribution in [0.1, 0.15) is 32.6 Å². The zero-order chi connectivity index (χ0) is 13.6. The molecule has 0 aromatic heterocycles. The number of nitrogens with one attached hydrogen (secondary N) is 2. The van der Waals surface area contributed by atoms with Crippen molar-refractivity contribution in [3.63, 3.8) is 0 Å². The van der Waals surface area contributed by atoms with E-state index in [0.717, 1.165) is 18.2 Å². The molecular formula is C11H15N3O3S. The zero-order valence-electron chi connectivity index (χ0n) is 10.1. The summed E-state index contributed by atoms with van der Waals surface area (Å²) in [5.74, 6) is -0.721. The molecule has 1 aliphatic heterocycles. The summed E-state index contributed by atoms with van der Waals surface area (Å²) in [5, 5.41) is 14.7. The molecule has 2 N–H and O–H groups in total. The summed E-state index contributed by atoms with van der Waals surface area (Å²) in [7, 11) is 0. The van der Waals surface area contributed by atoms with Gasteiger partial charge in [0.05, 0.1) is 0 Å². The highest BCUT2D eigenvalue weighted by Gasteiger charge is 2.49. The van der Waals surface area contributed by atoms with Crippen LogP contribution in [0, 0.1) is 16.1 Å². The van der Waals surface area contributed by atoms with Crippen LogP contribution in [0.3, 0.4) is 0 Å². The van der Waals surface area contributed by atoms with E-state index < -0.39 is 23.3 Å². The number of rotatable bonds is 6. The maximum Gasteiger partial charge on any atom is 0.328 e. The van der Waals surface area contributed by atoms with E-state index in [1.54, 1.807) is 0 Å². The van der Waals surface area contributed by atoms with Gasteiger partial charge in [0.25, 0.3) is 0 Å². The summed E-state index contributed by atoms with van der Waals surface area (Å²) in [4.78, 5) is 35.0. The molecule has 7 heteroatoms. The largest absolute Gasteiger partial charge is 0.328 e. The molecule has 1 rings (SSSR count). The van der Waals surface area contributed by atoms with Gasteiger partial charge < -0.3 is 0 Å². The Kier molecular flexibility index (Phi) is 5.16. The molecule has 18 heavy (non-hydrogen) atoms. The number of thiocyanates is 1. The Morgan fingerprint density at radius 2 is 1.83 bits per heavy atom. The van der Waals surface area contributed by atoms with Gasteiger partial charge in [-0.25, -0.2) is 4.79 Å². The van der Waals surface area contributed by atoms with Crippen molar-refractivity contribution >= 4 is 29.6 Å². The normalized spacial score (nSPS) is 17.9. The highest BCUT2D eigenvalue weighted by Crippen LogP contribution is 2.32. The van der Waals surface area contributed by atoms with Crippen molar-refractivity contribution in [3.8, 4) is 5.40 Å². The number of nitrogens with zero attached hydrogens (tertiary/aromatic N) is 1. The topological polar surface area (TPSA) is 99.1 Å². The van der Waals surface area contributed by atoms with Crippen LogP contribution in [-0.2, 0) is 9.59 Å². The van der Waals surface area contributed by atoms with Crippen LogP contribution < -0.4 is 10.6 Å². The highest BCUT2D eigenvalue weighted by molar-refractivity contribution is 8.03. The second kappa shape index (κ2) is 6.40. The molecule has 4 amide bonds. The molecule has 0 saturated carbocycles. The van der Waals surface area contributed by atoms with E-state index in [0.29, 0.717) is 18.6 Å². The first-order valence-electron chi connectivity index (χ1n) is 5.74. The molecule has 0 aromatic carbocycles. The van der Waals surface area contributed by atoms with E-state index in [1.165, 1.54) is 0 Å². The van der Waals surface area contributed by atoms with Crippen molar-refractivity contribution in [1.82, 2.24) is 10.6 Å². The third-order valence-electron chi connectivity index (χ3n) is 2.98. The predicted octanol–water partition coefficient (Wildman–Crippen LogP) is 1.13. The van der Waals surface area contributed by atoms with Crippen LogP contribution in [0.15, 0.2) is 0 Å². The number of imide groups is 2. The molecule has 0 aromatic rings. The molecule has 6 nitrogen and oxygen atoms in total. The first-order valence-corrected chi connectivity index (χ1v) is 6.73. The lowest BCUT2D eigenvalue weighted by atomic mass is 9.77. The van der Waals surface area contributed by atoms with Crippen LogP contribution in [0.4, 0.5) is 4.79 Å². The SMILES string of the molecule is CCCCC1(CCSC#N)C(=O)NC(=O)NC1=O. The third kappa shape index (κ3) is 3.01. The van der Waals surface area contributed by atoms with Crippen LogP contribution in [0.25, 0.3) is 0 Å². The Balaban J connectivity index is 2.87. The van der Waals surface area contributed by atoms with Crippen LogP contribution in [-0.4, -0.2) is 23.6 Å². The maximum absolute atomic E-state index is 12.0. The average molecular weight is 269 g/mol. The van der Waals surface area contributed by atoms with Gasteiger partial charge in [-0.2, -0.15) is 5.26 Å². The van der Waals surface area contributed by atoms with E-state index in [2.05, 4.69) is 10.6 Å². The Morgan fingerprint density at radius 3 is 2.33 bits per heavy atom. The molecular weight excluding hydrogens is 254 g/mol. The standard InChI is InChI=1S/C11H15N3O3S/c1-2-3-4-11(5-6-18-7-12)8(15)13-10(17)14-9(11)16/h2-6H2,1H3,(H2,13,14,15,16,17). The monoisotopic (exact) mass is 269 g/mol. The van der Waals surface area contributed by atoms with Crippen molar-refractivity contribution in [2.24, 2.45) is 5.41 Å². The summed E-state index contributed by atoms with van der Waals surface area (Å²) in [6.07, 6.45) is 2.21. The summed E-state index contributed by atoms with van der Waals surface area (Å²) < 4.78 is 0. The molecule has 0 aliphatic carbocycles. The van der Waals surface area contributed by atoms with Gasteiger partial charge in [-0.3, -0.25) is 20.2 Å². The van der Waals surface area contributed by atoms with E-state index in [-0.39, 0.29) is 6.42 Å². The lowest BCUT2D eigenvalue weighted by Crippen LogP contribution is -2.62. The van der Waals surface area contributed by atoms with Crippen LogP contribution in [0.5, 0.6) is 0 Å². The summed E-state index contributed by atoms with van der Waals surface area (Å²) in [5.41, 5.74) is -1.21. The number of nitriles is 1. The molecule has 0 bridgehead atoms. The van der Waals surface area contributed by atoms with Gasteiger partial charge in [0.15, 0.2) is 0 Å². The minimum Gasteiger partial charge on any atom is -0.277 e. The molecule has 0 unspecified atom stereocenters. The Labute approximate surface area is 109 Å². The molecule has 1 fully saturated rings. The van der Waals surface area contributed by atoms with Crippen molar-refractivity contribution in [3.05, 3.63) is 0 Å². The van der Waals surface area contributed by atoms with Gasteiger partial charge in [0.1, 0.15) is 10.8 Å². The van der Waals surface area contributed by atoms with E-state index in [9.17, 15) is 14.4 Å². The zero-order valence-corrected chi connectivity index (χ0v) is 10.9. The number of unbranched alkanes of at least 4 members (excludes halogenated alkanes) is 1.